The Balaban J connectivity index is 1.40. The first-order chi connectivity index (χ1) is 14.2. The SMILES string of the molecule is O=C(/C=C/c1nc2ccccc2s1)Nc1ccccc1C(=O)NCC1CCCO1. The van der Waals surface area contributed by atoms with Crippen LogP contribution in [0.3, 0.4) is 0 Å². The van der Waals surface area contributed by atoms with Gasteiger partial charge in [0, 0.05) is 19.2 Å². The number of benzene rings is 2. The van der Waals surface area contributed by atoms with Crippen molar-refractivity contribution in [3.8, 4) is 0 Å². The zero-order valence-electron chi connectivity index (χ0n) is 15.8. The lowest BCUT2D eigenvalue weighted by molar-refractivity contribution is -0.111. The third-order valence-electron chi connectivity index (χ3n) is 4.63. The summed E-state index contributed by atoms with van der Waals surface area (Å²) in [6.07, 6.45) is 5.15. The minimum atomic E-state index is -0.316. The van der Waals surface area contributed by atoms with Gasteiger partial charge in [0.2, 0.25) is 5.91 Å². The summed E-state index contributed by atoms with van der Waals surface area (Å²) in [6.45, 7) is 1.22. The van der Waals surface area contributed by atoms with Crippen molar-refractivity contribution in [1.82, 2.24) is 10.3 Å². The molecule has 29 heavy (non-hydrogen) atoms. The number of rotatable bonds is 6. The van der Waals surface area contributed by atoms with E-state index >= 15 is 0 Å². The lowest BCUT2D eigenvalue weighted by atomic mass is 10.1. The van der Waals surface area contributed by atoms with Gasteiger partial charge in [0.1, 0.15) is 5.01 Å². The monoisotopic (exact) mass is 407 g/mol. The average Bonchev–Trinajstić information content (AvgIpc) is 3.40. The van der Waals surface area contributed by atoms with Crippen molar-refractivity contribution < 1.29 is 14.3 Å². The molecule has 0 spiro atoms. The molecular weight excluding hydrogens is 386 g/mol. The van der Waals surface area contributed by atoms with E-state index in [1.54, 1.807) is 30.3 Å². The number of carbonyl (C=O) groups is 2. The summed E-state index contributed by atoms with van der Waals surface area (Å²) >= 11 is 1.52. The quantitative estimate of drug-likeness (QED) is 0.608. The zero-order chi connectivity index (χ0) is 20.1. The third kappa shape index (κ3) is 4.88. The van der Waals surface area contributed by atoms with E-state index in [-0.39, 0.29) is 17.9 Å². The largest absolute Gasteiger partial charge is 0.376 e. The van der Waals surface area contributed by atoms with Gasteiger partial charge in [-0.15, -0.1) is 11.3 Å². The molecule has 7 heteroatoms. The van der Waals surface area contributed by atoms with Crippen LogP contribution in [0.15, 0.2) is 54.6 Å². The Kier molecular flexibility index (Phi) is 5.97. The standard InChI is InChI=1S/C22H21N3O3S/c26-20(11-12-21-25-18-9-3-4-10-19(18)29-21)24-17-8-2-1-7-16(17)22(27)23-14-15-6-5-13-28-15/h1-4,7-12,15H,5-6,13-14H2,(H,23,27)(H,24,26)/b12-11+. The summed E-state index contributed by atoms with van der Waals surface area (Å²) in [5.74, 6) is -0.546. The Morgan fingerprint density at radius 1 is 1.17 bits per heavy atom. The lowest BCUT2D eigenvalue weighted by Crippen LogP contribution is -2.32. The fourth-order valence-electron chi connectivity index (χ4n) is 3.18. The topological polar surface area (TPSA) is 80.3 Å². The van der Waals surface area contributed by atoms with Gasteiger partial charge < -0.3 is 15.4 Å². The Hall–Kier alpha value is -3.03. The van der Waals surface area contributed by atoms with Crippen LogP contribution in [0.5, 0.6) is 0 Å². The fraction of sp³-hybridized carbons (Fsp3) is 0.227. The van der Waals surface area contributed by atoms with Crippen LogP contribution in [0.4, 0.5) is 5.69 Å². The summed E-state index contributed by atoms with van der Waals surface area (Å²) < 4.78 is 6.60. The van der Waals surface area contributed by atoms with Crippen molar-refractivity contribution in [1.29, 1.82) is 0 Å². The van der Waals surface area contributed by atoms with Crippen LogP contribution in [-0.2, 0) is 9.53 Å². The Labute approximate surface area is 172 Å². The predicted octanol–water partition coefficient (Wildman–Crippen LogP) is 3.86. The molecule has 2 N–H and O–H groups in total. The molecule has 148 valence electrons. The van der Waals surface area contributed by atoms with Crippen molar-refractivity contribution in [3.63, 3.8) is 0 Å². The highest BCUT2D eigenvalue weighted by Gasteiger charge is 2.18. The summed E-state index contributed by atoms with van der Waals surface area (Å²) in [5, 5.41) is 6.42. The molecule has 1 aromatic heterocycles. The molecule has 1 saturated heterocycles. The highest BCUT2D eigenvalue weighted by Crippen LogP contribution is 2.22. The van der Waals surface area contributed by atoms with Crippen molar-refractivity contribution in [2.45, 2.75) is 18.9 Å². The molecular formula is C22H21N3O3S. The van der Waals surface area contributed by atoms with Crippen molar-refractivity contribution in [2.75, 3.05) is 18.5 Å². The number of amides is 2. The summed E-state index contributed by atoms with van der Waals surface area (Å²) in [5.41, 5.74) is 1.80. The molecule has 0 aliphatic carbocycles. The van der Waals surface area contributed by atoms with E-state index in [0.717, 1.165) is 34.7 Å². The van der Waals surface area contributed by atoms with E-state index in [1.807, 2.05) is 24.3 Å². The summed E-state index contributed by atoms with van der Waals surface area (Å²) in [4.78, 5) is 29.4. The van der Waals surface area contributed by atoms with Gasteiger partial charge in [-0.05, 0) is 43.2 Å². The Morgan fingerprint density at radius 3 is 2.83 bits per heavy atom. The van der Waals surface area contributed by atoms with E-state index in [2.05, 4.69) is 15.6 Å². The fourth-order valence-corrected chi connectivity index (χ4v) is 4.05. The second-order valence-corrected chi connectivity index (χ2v) is 7.80. The number of nitrogens with zero attached hydrogens (tertiary/aromatic N) is 1. The Bertz CT molecular complexity index is 1020. The van der Waals surface area contributed by atoms with Crippen LogP contribution in [0, 0.1) is 0 Å². The minimum Gasteiger partial charge on any atom is -0.376 e. The van der Waals surface area contributed by atoms with Gasteiger partial charge in [0.15, 0.2) is 0 Å². The molecule has 2 heterocycles. The highest BCUT2D eigenvalue weighted by atomic mass is 32.1. The van der Waals surface area contributed by atoms with Crippen LogP contribution in [0.2, 0.25) is 0 Å². The number of fused-ring (bicyclic) bond motifs is 1. The number of thiazole rings is 1. The van der Waals surface area contributed by atoms with Crippen LogP contribution in [-0.4, -0.2) is 36.1 Å². The van der Waals surface area contributed by atoms with Gasteiger partial charge in [0.05, 0.1) is 27.6 Å². The maximum atomic E-state index is 12.5. The van der Waals surface area contributed by atoms with Crippen molar-refractivity contribution >= 4 is 45.1 Å². The third-order valence-corrected chi connectivity index (χ3v) is 5.63. The molecule has 0 bridgehead atoms. The first kappa shape index (κ1) is 19.3. The number of hydrogen-bond acceptors (Lipinski definition) is 5. The molecule has 2 aromatic carbocycles. The summed E-state index contributed by atoms with van der Waals surface area (Å²) in [7, 11) is 0. The molecule has 1 unspecified atom stereocenters. The predicted molar refractivity (Wildman–Crippen MR) is 115 cm³/mol. The van der Waals surface area contributed by atoms with E-state index in [4.69, 9.17) is 4.74 Å². The normalized spacial score (nSPS) is 16.3. The highest BCUT2D eigenvalue weighted by molar-refractivity contribution is 7.19. The van der Waals surface area contributed by atoms with E-state index in [1.165, 1.54) is 17.4 Å². The van der Waals surface area contributed by atoms with Crippen LogP contribution >= 0.6 is 11.3 Å². The average molecular weight is 407 g/mol. The van der Waals surface area contributed by atoms with Crippen LogP contribution in [0.25, 0.3) is 16.3 Å². The van der Waals surface area contributed by atoms with Gasteiger partial charge in [-0.2, -0.15) is 0 Å². The first-order valence-corrected chi connectivity index (χ1v) is 10.3. The first-order valence-electron chi connectivity index (χ1n) is 9.52. The molecule has 3 aromatic rings. The number of hydrogen-bond donors (Lipinski definition) is 2. The van der Waals surface area contributed by atoms with Crippen molar-refractivity contribution in [3.05, 3.63) is 65.2 Å². The van der Waals surface area contributed by atoms with Gasteiger partial charge in [0.25, 0.3) is 5.91 Å². The molecule has 0 radical (unpaired) electrons. The number of aromatic nitrogens is 1. The lowest BCUT2D eigenvalue weighted by Gasteiger charge is -2.13. The maximum Gasteiger partial charge on any atom is 0.253 e. The molecule has 1 aliphatic heterocycles. The molecule has 0 saturated carbocycles. The number of carbonyl (C=O) groups excluding carboxylic acids is 2. The van der Waals surface area contributed by atoms with Gasteiger partial charge in [-0.3, -0.25) is 9.59 Å². The van der Waals surface area contributed by atoms with E-state index in [0.29, 0.717) is 17.8 Å². The molecule has 4 rings (SSSR count). The number of anilines is 1. The molecule has 2 amide bonds. The molecule has 6 nitrogen and oxygen atoms in total. The van der Waals surface area contributed by atoms with Gasteiger partial charge in [-0.1, -0.05) is 24.3 Å². The van der Waals surface area contributed by atoms with Crippen molar-refractivity contribution in [2.24, 2.45) is 0 Å². The smallest absolute Gasteiger partial charge is 0.253 e. The summed E-state index contributed by atoms with van der Waals surface area (Å²) in [6, 6.07) is 14.8. The van der Waals surface area contributed by atoms with E-state index < -0.39 is 0 Å². The number of nitrogens with one attached hydrogen (secondary N) is 2. The molecule has 1 fully saturated rings. The number of ether oxygens (including phenoxy) is 1. The maximum absolute atomic E-state index is 12.5. The zero-order valence-corrected chi connectivity index (χ0v) is 16.6. The second-order valence-electron chi connectivity index (χ2n) is 6.73. The van der Waals surface area contributed by atoms with Gasteiger partial charge >= 0.3 is 0 Å². The van der Waals surface area contributed by atoms with Gasteiger partial charge in [-0.25, -0.2) is 4.98 Å². The van der Waals surface area contributed by atoms with Crippen LogP contribution in [0.1, 0.15) is 28.2 Å². The number of para-hydroxylation sites is 2. The van der Waals surface area contributed by atoms with Crippen LogP contribution < -0.4 is 10.6 Å². The van der Waals surface area contributed by atoms with E-state index in [9.17, 15) is 9.59 Å². The Morgan fingerprint density at radius 2 is 2.00 bits per heavy atom. The second kappa shape index (κ2) is 8.98. The molecule has 1 aliphatic rings. The molecule has 1 atom stereocenters. The minimum absolute atomic E-state index is 0.0671.